The molecule has 1 N–H and O–H groups in total. The number of aromatic nitrogens is 5. The molecule has 2 aliphatic heterocycles. The summed E-state index contributed by atoms with van der Waals surface area (Å²) in [7, 11) is 0. The highest BCUT2D eigenvalue weighted by Gasteiger charge is 2.43. The van der Waals surface area contributed by atoms with Crippen molar-refractivity contribution >= 4 is 23.4 Å². The van der Waals surface area contributed by atoms with Gasteiger partial charge in [0.05, 0.1) is 12.2 Å². The van der Waals surface area contributed by atoms with E-state index in [0.29, 0.717) is 36.8 Å². The van der Waals surface area contributed by atoms with Gasteiger partial charge in [-0.15, -0.1) is 5.10 Å². The van der Waals surface area contributed by atoms with Crippen LogP contribution in [-0.4, -0.2) is 50.4 Å². The van der Waals surface area contributed by atoms with Crippen LogP contribution in [0.5, 0.6) is 0 Å². The minimum Gasteiger partial charge on any atom is -0.356 e. The summed E-state index contributed by atoms with van der Waals surface area (Å²) in [5, 5.41) is 8.05. The lowest BCUT2D eigenvalue weighted by Crippen LogP contribution is -2.48. The highest BCUT2D eigenvalue weighted by Crippen LogP contribution is 2.40. The molecular weight excluding hydrogens is 433 g/mol. The monoisotopic (exact) mass is 456 g/mol. The lowest BCUT2D eigenvalue weighted by atomic mass is 9.92. The molecule has 1 aromatic carbocycles. The van der Waals surface area contributed by atoms with Gasteiger partial charge < -0.3 is 15.1 Å². The van der Waals surface area contributed by atoms with E-state index in [4.69, 9.17) is 0 Å². The molecule has 0 radical (unpaired) electrons. The Labute approximate surface area is 188 Å². The fourth-order valence-electron chi connectivity index (χ4n) is 5.40. The van der Waals surface area contributed by atoms with Crippen LogP contribution in [0.3, 0.4) is 0 Å². The van der Waals surface area contributed by atoms with Crippen molar-refractivity contribution in [2.24, 2.45) is 11.8 Å². The van der Waals surface area contributed by atoms with E-state index in [1.54, 1.807) is 11.0 Å². The SMILES string of the molecule is Cc1cc(N2C[C@H]3CC[C@@H](C2)[C@H]3Nc2nc3n(n2)CCN3c2ccc(F)c(F)c2F)ncn1. The summed E-state index contributed by atoms with van der Waals surface area (Å²) in [6, 6.07) is 4.41. The molecule has 11 heteroatoms. The number of nitrogens with one attached hydrogen (secondary N) is 1. The van der Waals surface area contributed by atoms with Crippen LogP contribution >= 0.6 is 0 Å². The Kier molecular flexibility index (Phi) is 4.66. The molecule has 6 rings (SSSR count). The third kappa shape index (κ3) is 3.37. The van der Waals surface area contributed by atoms with E-state index in [1.807, 2.05) is 13.0 Å². The standard InChI is InChI=1S/C22H23F3N8/c1-12-8-17(27-11-26-12)31-9-13-2-3-14(10-31)20(13)28-21-29-22-32(6-7-33(22)30-21)16-5-4-15(23)18(24)19(16)25/h4-5,8,11,13-14,20H,2-3,6-7,9-10H2,1H3,(H,28,30)/t13-,14+,20+. The third-order valence-electron chi connectivity index (χ3n) is 6.98. The van der Waals surface area contributed by atoms with E-state index >= 15 is 0 Å². The number of nitrogens with zero attached hydrogens (tertiary/aromatic N) is 7. The van der Waals surface area contributed by atoms with Crippen LogP contribution in [0.25, 0.3) is 0 Å². The average molecular weight is 456 g/mol. The first kappa shape index (κ1) is 20.3. The molecule has 0 unspecified atom stereocenters. The van der Waals surface area contributed by atoms with Crippen LogP contribution in [0.4, 0.5) is 36.6 Å². The molecule has 2 aromatic heterocycles. The quantitative estimate of drug-likeness (QED) is 0.604. The van der Waals surface area contributed by atoms with Crippen molar-refractivity contribution in [1.29, 1.82) is 0 Å². The Morgan fingerprint density at radius 2 is 1.79 bits per heavy atom. The molecule has 3 aliphatic rings. The second kappa shape index (κ2) is 7.60. The van der Waals surface area contributed by atoms with E-state index in [1.165, 1.54) is 11.0 Å². The number of piperidine rings is 1. The Bertz CT molecular complexity index is 1200. The summed E-state index contributed by atoms with van der Waals surface area (Å²) in [5.41, 5.74) is 0.909. The minimum absolute atomic E-state index is 0.0416. The van der Waals surface area contributed by atoms with Crippen LogP contribution < -0.4 is 15.1 Å². The van der Waals surface area contributed by atoms with Gasteiger partial charge in [-0.1, -0.05) is 0 Å². The predicted molar refractivity (Wildman–Crippen MR) is 116 cm³/mol. The Balaban J connectivity index is 1.20. The van der Waals surface area contributed by atoms with Crippen LogP contribution in [0.15, 0.2) is 24.5 Å². The molecule has 0 spiro atoms. The molecule has 0 amide bonds. The van der Waals surface area contributed by atoms with Gasteiger partial charge in [-0.25, -0.2) is 27.8 Å². The number of hydrogen-bond donors (Lipinski definition) is 1. The Morgan fingerprint density at radius 1 is 1.00 bits per heavy atom. The zero-order valence-electron chi connectivity index (χ0n) is 18.0. The summed E-state index contributed by atoms with van der Waals surface area (Å²) in [6.45, 7) is 4.63. The molecule has 2 bridgehead atoms. The fraction of sp³-hybridized carbons (Fsp3) is 0.455. The number of rotatable bonds is 4. The van der Waals surface area contributed by atoms with E-state index in [0.717, 1.165) is 43.5 Å². The summed E-state index contributed by atoms with van der Waals surface area (Å²) < 4.78 is 43.1. The first-order valence-electron chi connectivity index (χ1n) is 11.1. The van der Waals surface area contributed by atoms with Gasteiger partial charge >= 0.3 is 0 Å². The zero-order valence-corrected chi connectivity index (χ0v) is 18.0. The molecule has 1 aliphatic carbocycles. The van der Waals surface area contributed by atoms with Crippen LogP contribution in [0.2, 0.25) is 0 Å². The van der Waals surface area contributed by atoms with Gasteiger partial charge in [0, 0.05) is 37.4 Å². The first-order chi connectivity index (χ1) is 16.0. The molecule has 8 nitrogen and oxygen atoms in total. The average Bonchev–Trinajstić information content (AvgIpc) is 3.43. The van der Waals surface area contributed by atoms with Gasteiger partial charge in [0.15, 0.2) is 17.5 Å². The smallest absolute Gasteiger partial charge is 0.244 e. The van der Waals surface area contributed by atoms with E-state index in [9.17, 15) is 13.2 Å². The van der Waals surface area contributed by atoms with Crippen molar-refractivity contribution in [3.63, 3.8) is 0 Å². The van der Waals surface area contributed by atoms with Crippen molar-refractivity contribution in [3.05, 3.63) is 47.7 Å². The van der Waals surface area contributed by atoms with Crippen molar-refractivity contribution in [2.45, 2.75) is 32.4 Å². The van der Waals surface area contributed by atoms with Crippen LogP contribution in [0, 0.1) is 36.2 Å². The van der Waals surface area contributed by atoms with E-state index in [2.05, 4.69) is 30.3 Å². The number of benzene rings is 1. The molecule has 3 aromatic rings. The topological polar surface area (TPSA) is 75.0 Å². The van der Waals surface area contributed by atoms with Crippen LogP contribution in [-0.2, 0) is 6.54 Å². The van der Waals surface area contributed by atoms with E-state index in [-0.39, 0.29) is 11.7 Å². The third-order valence-corrected chi connectivity index (χ3v) is 6.98. The van der Waals surface area contributed by atoms with Gasteiger partial charge in [-0.05, 0) is 43.7 Å². The molecule has 172 valence electrons. The molecule has 1 saturated heterocycles. The number of halogens is 3. The summed E-state index contributed by atoms with van der Waals surface area (Å²) in [5.74, 6) is -1.19. The second-order valence-electron chi connectivity index (χ2n) is 8.99. The largest absolute Gasteiger partial charge is 0.356 e. The first-order valence-corrected chi connectivity index (χ1v) is 11.1. The fourth-order valence-corrected chi connectivity index (χ4v) is 5.40. The summed E-state index contributed by atoms with van der Waals surface area (Å²) >= 11 is 0. The van der Waals surface area contributed by atoms with Gasteiger partial charge in [-0.2, -0.15) is 4.98 Å². The lowest BCUT2D eigenvalue weighted by molar-refractivity contribution is 0.374. The molecule has 3 atom stereocenters. The Morgan fingerprint density at radius 3 is 2.55 bits per heavy atom. The summed E-state index contributed by atoms with van der Waals surface area (Å²) in [4.78, 5) is 17.1. The number of aryl methyl sites for hydroxylation is 1. The van der Waals surface area contributed by atoms with Crippen molar-refractivity contribution in [3.8, 4) is 0 Å². The molecular formula is C22H23F3N8. The molecule has 1 saturated carbocycles. The predicted octanol–water partition coefficient (Wildman–Crippen LogP) is 3.27. The Hall–Kier alpha value is -3.37. The summed E-state index contributed by atoms with van der Waals surface area (Å²) in [6.07, 6.45) is 3.83. The molecule has 2 fully saturated rings. The zero-order chi connectivity index (χ0) is 22.7. The maximum Gasteiger partial charge on any atom is 0.244 e. The number of hydrogen-bond acceptors (Lipinski definition) is 7. The van der Waals surface area contributed by atoms with E-state index < -0.39 is 17.5 Å². The maximum atomic E-state index is 14.4. The van der Waals surface area contributed by atoms with Gasteiger partial charge in [0.1, 0.15) is 12.1 Å². The minimum atomic E-state index is -1.48. The van der Waals surface area contributed by atoms with Gasteiger partial charge in [0.2, 0.25) is 11.9 Å². The van der Waals surface area contributed by atoms with Crippen molar-refractivity contribution < 1.29 is 13.2 Å². The van der Waals surface area contributed by atoms with Crippen molar-refractivity contribution in [2.75, 3.05) is 34.8 Å². The normalized spacial score (nSPS) is 23.8. The second-order valence-corrected chi connectivity index (χ2v) is 8.99. The van der Waals surface area contributed by atoms with Crippen molar-refractivity contribution in [1.82, 2.24) is 24.7 Å². The maximum absolute atomic E-state index is 14.4. The van der Waals surface area contributed by atoms with Crippen LogP contribution in [0.1, 0.15) is 18.5 Å². The van der Waals surface area contributed by atoms with Gasteiger partial charge in [0.25, 0.3) is 0 Å². The molecule has 4 heterocycles. The highest BCUT2D eigenvalue weighted by atomic mass is 19.2. The molecule has 33 heavy (non-hydrogen) atoms. The van der Waals surface area contributed by atoms with Gasteiger partial charge in [-0.3, -0.25) is 0 Å². The highest BCUT2D eigenvalue weighted by molar-refractivity contribution is 5.61. The number of anilines is 4. The lowest BCUT2D eigenvalue weighted by Gasteiger charge is -2.38. The number of fused-ring (bicyclic) bond motifs is 3.